The van der Waals surface area contributed by atoms with Crippen molar-refractivity contribution in [2.45, 2.75) is 13.5 Å². The highest BCUT2D eigenvalue weighted by Gasteiger charge is 2.09. The Balaban J connectivity index is 1.92. The number of hydrogen-bond donors (Lipinski definition) is 2. The quantitative estimate of drug-likeness (QED) is 0.636. The van der Waals surface area contributed by atoms with Crippen molar-refractivity contribution in [1.29, 1.82) is 0 Å². The fourth-order valence-corrected chi connectivity index (χ4v) is 1.75. The van der Waals surface area contributed by atoms with Crippen LogP contribution in [0.25, 0.3) is 0 Å². The number of aromatic nitrogens is 2. The molecule has 0 aliphatic heterocycles. The molecule has 0 amide bonds. The predicted molar refractivity (Wildman–Crippen MR) is 72.5 cm³/mol. The third-order valence-corrected chi connectivity index (χ3v) is 2.70. The average Bonchev–Trinajstić information content (AvgIpc) is 2.74. The summed E-state index contributed by atoms with van der Waals surface area (Å²) in [5, 5.41) is 0. The molecule has 0 saturated heterocycles. The monoisotopic (exact) mass is 260 g/mol. The highest BCUT2D eigenvalue weighted by atomic mass is 16.5. The van der Waals surface area contributed by atoms with Crippen LogP contribution in [0.4, 0.5) is 11.4 Å². The first-order valence-electron chi connectivity index (χ1n) is 5.87. The normalized spacial score (nSPS) is 10.4. The van der Waals surface area contributed by atoms with Crippen molar-refractivity contribution in [3.05, 3.63) is 42.0 Å². The Morgan fingerprint density at radius 2 is 2.00 bits per heavy atom. The fraction of sp³-hybridized carbons (Fsp3) is 0.231. The lowest BCUT2D eigenvalue weighted by atomic mass is 10.2. The van der Waals surface area contributed by atoms with Crippen molar-refractivity contribution in [3.63, 3.8) is 0 Å². The van der Waals surface area contributed by atoms with E-state index in [1.165, 1.54) is 0 Å². The summed E-state index contributed by atoms with van der Waals surface area (Å²) >= 11 is 0. The second kappa shape index (κ2) is 5.43. The van der Waals surface area contributed by atoms with E-state index in [1.807, 2.05) is 17.7 Å². The minimum Gasteiger partial charge on any atom is -0.460 e. The van der Waals surface area contributed by atoms with Gasteiger partial charge in [0.15, 0.2) is 0 Å². The van der Waals surface area contributed by atoms with Gasteiger partial charge in [0.25, 0.3) is 0 Å². The van der Waals surface area contributed by atoms with Crippen molar-refractivity contribution >= 4 is 17.3 Å². The Kier molecular flexibility index (Phi) is 3.70. The van der Waals surface area contributed by atoms with Crippen LogP contribution in [0.2, 0.25) is 0 Å². The average molecular weight is 260 g/mol. The van der Waals surface area contributed by atoms with E-state index < -0.39 is 5.97 Å². The number of imidazole rings is 1. The van der Waals surface area contributed by atoms with Gasteiger partial charge >= 0.3 is 5.97 Å². The summed E-state index contributed by atoms with van der Waals surface area (Å²) in [4.78, 5) is 15.9. The van der Waals surface area contributed by atoms with Gasteiger partial charge in [-0.2, -0.15) is 0 Å². The van der Waals surface area contributed by atoms with Gasteiger partial charge in [-0.25, -0.2) is 9.78 Å². The Bertz CT molecular complexity index is 572. The lowest BCUT2D eigenvalue weighted by Gasteiger charge is -2.08. The molecule has 0 atom stereocenters. The lowest BCUT2D eigenvalue weighted by molar-refractivity contribution is 0.0490. The summed E-state index contributed by atoms with van der Waals surface area (Å²) in [5.41, 5.74) is 12.5. The fourth-order valence-electron chi connectivity index (χ4n) is 1.75. The third-order valence-electron chi connectivity index (χ3n) is 2.70. The van der Waals surface area contributed by atoms with E-state index in [-0.39, 0.29) is 6.61 Å². The predicted octanol–water partition coefficient (Wildman–Crippen LogP) is 1.21. The number of anilines is 2. The molecule has 0 fully saturated rings. The van der Waals surface area contributed by atoms with Gasteiger partial charge in [0.05, 0.1) is 12.1 Å². The van der Waals surface area contributed by atoms with Crippen LogP contribution in [0.5, 0.6) is 0 Å². The van der Waals surface area contributed by atoms with Crippen LogP contribution in [-0.4, -0.2) is 22.1 Å². The number of carbonyl (C=O) groups is 1. The van der Waals surface area contributed by atoms with Gasteiger partial charge in [0.1, 0.15) is 12.4 Å². The molecule has 1 aromatic carbocycles. The number of ether oxygens (including phenoxy) is 1. The summed E-state index contributed by atoms with van der Waals surface area (Å²) in [7, 11) is 0. The molecule has 0 aliphatic rings. The highest BCUT2D eigenvalue weighted by molar-refractivity contribution is 5.91. The molecule has 6 nitrogen and oxygen atoms in total. The van der Waals surface area contributed by atoms with Crippen LogP contribution in [0.1, 0.15) is 16.2 Å². The molecule has 0 unspecified atom stereocenters. The van der Waals surface area contributed by atoms with E-state index in [1.54, 1.807) is 24.4 Å². The van der Waals surface area contributed by atoms with E-state index in [2.05, 4.69) is 4.98 Å². The molecule has 19 heavy (non-hydrogen) atoms. The first-order chi connectivity index (χ1) is 9.06. The molecule has 0 radical (unpaired) electrons. The Morgan fingerprint density at radius 1 is 1.32 bits per heavy atom. The molecule has 4 N–H and O–H groups in total. The zero-order chi connectivity index (χ0) is 13.8. The summed E-state index contributed by atoms with van der Waals surface area (Å²) < 4.78 is 7.07. The van der Waals surface area contributed by atoms with Crippen LogP contribution in [0.15, 0.2) is 30.6 Å². The summed E-state index contributed by atoms with van der Waals surface area (Å²) in [5.74, 6) is 0.445. The van der Waals surface area contributed by atoms with Crippen LogP contribution in [0, 0.1) is 6.92 Å². The molecule has 0 bridgehead atoms. The van der Waals surface area contributed by atoms with Gasteiger partial charge in [-0.1, -0.05) is 0 Å². The molecular formula is C13H16N4O2. The zero-order valence-corrected chi connectivity index (χ0v) is 10.7. The second-order valence-corrected chi connectivity index (χ2v) is 4.19. The number of nitrogens with zero attached hydrogens (tertiary/aromatic N) is 2. The van der Waals surface area contributed by atoms with Gasteiger partial charge in [-0.3, -0.25) is 0 Å². The zero-order valence-electron chi connectivity index (χ0n) is 10.7. The largest absolute Gasteiger partial charge is 0.460 e. The number of nitrogen functional groups attached to an aromatic ring is 2. The second-order valence-electron chi connectivity index (χ2n) is 4.19. The van der Waals surface area contributed by atoms with Gasteiger partial charge in [0.2, 0.25) is 0 Å². The van der Waals surface area contributed by atoms with Gasteiger partial charge in [0, 0.05) is 23.8 Å². The Hall–Kier alpha value is -2.50. The molecule has 0 saturated carbocycles. The van der Waals surface area contributed by atoms with E-state index in [9.17, 15) is 4.79 Å². The number of nitrogens with two attached hydrogens (primary N) is 2. The molecule has 2 aromatic rings. The summed E-state index contributed by atoms with van der Waals surface area (Å²) in [6.45, 7) is 2.72. The maximum atomic E-state index is 11.8. The lowest BCUT2D eigenvalue weighted by Crippen LogP contribution is -2.12. The van der Waals surface area contributed by atoms with Gasteiger partial charge < -0.3 is 20.8 Å². The molecule has 1 aromatic heterocycles. The number of benzene rings is 1. The molecule has 2 rings (SSSR count). The third kappa shape index (κ3) is 3.25. The van der Waals surface area contributed by atoms with Crippen LogP contribution in [0.3, 0.4) is 0 Å². The van der Waals surface area contributed by atoms with Crippen molar-refractivity contribution in [1.82, 2.24) is 9.55 Å². The smallest absolute Gasteiger partial charge is 0.338 e. The maximum absolute atomic E-state index is 11.8. The maximum Gasteiger partial charge on any atom is 0.338 e. The van der Waals surface area contributed by atoms with Crippen molar-refractivity contribution in [2.75, 3.05) is 18.1 Å². The first kappa shape index (κ1) is 12.9. The van der Waals surface area contributed by atoms with Crippen molar-refractivity contribution < 1.29 is 9.53 Å². The van der Waals surface area contributed by atoms with Gasteiger partial charge in [-0.15, -0.1) is 0 Å². The highest BCUT2D eigenvalue weighted by Crippen LogP contribution is 2.14. The first-order valence-corrected chi connectivity index (χ1v) is 5.87. The number of carbonyl (C=O) groups excluding carboxylic acids is 1. The van der Waals surface area contributed by atoms with Crippen LogP contribution < -0.4 is 11.5 Å². The van der Waals surface area contributed by atoms with Crippen molar-refractivity contribution in [2.24, 2.45) is 0 Å². The van der Waals surface area contributed by atoms with Gasteiger partial charge in [-0.05, 0) is 25.1 Å². The van der Waals surface area contributed by atoms with E-state index in [0.29, 0.717) is 23.5 Å². The minimum atomic E-state index is -0.434. The molecule has 0 spiro atoms. The number of rotatable bonds is 4. The van der Waals surface area contributed by atoms with Crippen LogP contribution in [-0.2, 0) is 11.3 Å². The van der Waals surface area contributed by atoms with Crippen molar-refractivity contribution in [3.8, 4) is 0 Å². The molecule has 0 aliphatic carbocycles. The topological polar surface area (TPSA) is 96.2 Å². The van der Waals surface area contributed by atoms with E-state index in [0.717, 1.165) is 5.82 Å². The molecule has 6 heteroatoms. The minimum absolute atomic E-state index is 0.269. The Labute approximate surface area is 111 Å². The summed E-state index contributed by atoms with van der Waals surface area (Å²) in [6, 6.07) is 4.67. The number of hydrogen-bond acceptors (Lipinski definition) is 5. The number of esters is 1. The molecule has 100 valence electrons. The Morgan fingerprint density at radius 3 is 2.58 bits per heavy atom. The van der Waals surface area contributed by atoms with E-state index >= 15 is 0 Å². The molecular weight excluding hydrogens is 244 g/mol. The standard InChI is InChI=1S/C13H16N4O2/c1-9-16-2-3-17(9)4-5-19-13(18)10-6-11(14)8-12(15)7-10/h2-3,6-8H,4-5,14-15H2,1H3. The molecule has 1 heterocycles. The van der Waals surface area contributed by atoms with E-state index in [4.69, 9.17) is 16.2 Å². The number of aryl methyl sites for hydroxylation is 1. The summed E-state index contributed by atoms with van der Waals surface area (Å²) in [6.07, 6.45) is 3.54. The SMILES string of the molecule is Cc1nccn1CCOC(=O)c1cc(N)cc(N)c1. The van der Waals surface area contributed by atoms with Crippen LogP contribution >= 0.6 is 0 Å².